The number of nitrogens with zero attached hydrogens (tertiary/aromatic N) is 2. The van der Waals surface area contributed by atoms with Gasteiger partial charge in [-0.15, -0.1) is 0 Å². The summed E-state index contributed by atoms with van der Waals surface area (Å²) in [5.41, 5.74) is 6.69. The number of hydrogen-bond acceptors (Lipinski definition) is 4. The van der Waals surface area contributed by atoms with Crippen LogP contribution < -0.4 is 10.5 Å². The topological polar surface area (TPSA) is 60.5 Å². The number of nitrogens with two attached hydrogens (primary N) is 1. The highest BCUT2D eigenvalue weighted by Crippen LogP contribution is 2.17. The lowest BCUT2D eigenvalue weighted by Gasteiger charge is -2.10. The number of allylic oxidation sites excluding steroid dienone is 1. The Morgan fingerprint density at radius 1 is 1.41 bits per heavy atom. The first-order valence-electron chi connectivity index (χ1n) is 5.90. The highest BCUT2D eigenvalue weighted by Gasteiger charge is 2.04. The van der Waals surface area contributed by atoms with Crippen LogP contribution in [0.15, 0.2) is 35.6 Å². The van der Waals surface area contributed by atoms with Gasteiger partial charge in [0.1, 0.15) is 6.61 Å². The first-order valence-corrected chi connectivity index (χ1v) is 5.90. The zero-order valence-electron chi connectivity index (χ0n) is 10.4. The van der Waals surface area contributed by atoms with Gasteiger partial charge in [0.25, 0.3) is 0 Å². The van der Waals surface area contributed by atoms with Gasteiger partial charge in [0.2, 0.25) is 0 Å². The zero-order valence-corrected chi connectivity index (χ0v) is 10.4. The van der Waals surface area contributed by atoms with Crippen LogP contribution in [0.3, 0.4) is 0 Å². The third-order valence-corrected chi connectivity index (χ3v) is 2.16. The second-order valence-corrected chi connectivity index (χ2v) is 3.29. The molecule has 17 heavy (non-hydrogen) atoms. The first kappa shape index (κ1) is 13.2. The molecule has 0 bridgehead atoms. The Labute approximate surface area is 102 Å². The Bertz CT molecular complexity index is 399. The minimum Gasteiger partial charge on any atom is -0.484 e. The number of pyridine rings is 1. The smallest absolute Gasteiger partial charge is 0.166 e. The van der Waals surface area contributed by atoms with E-state index >= 15 is 0 Å². The van der Waals surface area contributed by atoms with Crippen LogP contribution in [0.4, 0.5) is 5.82 Å². The SMILES string of the molecule is CC.Nc1ncccc1OCC1=NC=CCC1. The molecule has 2 rings (SSSR count). The largest absolute Gasteiger partial charge is 0.484 e. The molecule has 0 aromatic carbocycles. The molecule has 0 unspecified atom stereocenters. The second-order valence-electron chi connectivity index (χ2n) is 3.29. The maximum atomic E-state index is 5.65. The molecule has 2 heterocycles. The normalized spacial score (nSPS) is 13.4. The molecule has 2 N–H and O–H groups in total. The van der Waals surface area contributed by atoms with Gasteiger partial charge < -0.3 is 10.5 Å². The highest BCUT2D eigenvalue weighted by molar-refractivity contribution is 5.87. The van der Waals surface area contributed by atoms with Gasteiger partial charge in [-0.05, 0) is 25.0 Å². The first-order chi connectivity index (χ1) is 8.36. The number of ether oxygens (including phenoxy) is 1. The Morgan fingerprint density at radius 2 is 2.24 bits per heavy atom. The molecule has 0 amide bonds. The summed E-state index contributed by atoms with van der Waals surface area (Å²) >= 11 is 0. The van der Waals surface area contributed by atoms with Crippen LogP contribution in [0.5, 0.6) is 5.75 Å². The molecular weight excluding hydrogens is 214 g/mol. The highest BCUT2D eigenvalue weighted by atomic mass is 16.5. The van der Waals surface area contributed by atoms with Gasteiger partial charge in [0.05, 0.1) is 5.71 Å². The van der Waals surface area contributed by atoms with Gasteiger partial charge in [0, 0.05) is 12.4 Å². The van der Waals surface area contributed by atoms with E-state index in [1.165, 1.54) is 0 Å². The molecule has 1 aliphatic rings. The van der Waals surface area contributed by atoms with E-state index in [1.807, 2.05) is 32.2 Å². The molecule has 0 fully saturated rings. The molecule has 1 aliphatic heterocycles. The second kappa shape index (κ2) is 7.44. The van der Waals surface area contributed by atoms with Crippen molar-refractivity contribution in [3.8, 4) is 5.75 Å². The molecule has 4 nitrogen and oxygen atoms in total. The van der Waals surface area contributed by atoms with Crippen LogP contribution in [0.1, 0.15) is 26.7 Å². The average Bonchev–Trinajstić information content (AvgIpc) is 2.41. The van der Waals surface area contributed by atoms with Gasteiger partial charge in [-0.3, -0.25) is 4.99 Å². The number of anilines is 1. The van der Waals surface area contributed by atoms with Crippen molar-refractivity contribution >= 4 is 11.5 Å². The van der Waals surface area contributed by atoms with Crippen LogP contribution in [0.25, 0.3) is 0 Å². The minimum atomic E-state index is 0.421. The van der Waals surface area contributed by atoms with Crippen LogP contribution >= 0.6 is 0 Å². The summed E-state index contributed by atoms with van der Waals surface area (Å²) in [6, 6.07) is 3.61. The third kappa shape index (κ3) is 4.26. The third-order valence-electron chi connectivity index (χ3n) is 2.16. The van der Waals surface area contributed by atoms with Crippen molar-refractivity contribution in [2.75, 3.05) is 12.3 Å². The molecule has 4 heteroatoms. The van der Waals surface area contributed by atoms with Crippen molar-refractivity contribution in [3.63, 3.8) is 0 Å². The van der Waals surface area contributed by atoms with Crippen molar-refractivity contribution in [1.82, 2.24) is 4.98 Å². The summed E-state index contributed by atoms with van der Waals surface area (Å²) in [4.78, 5) is 8.17. The van der Waals surface area contributed by atoms with Crippen LogP contribution in [-0.2, 0) is 0 Å². The van der Waals surface area contributed by atoms with E-state index in [2.05, 4.69) is 9.98 Å². The average molecular weight is 233 g/mol. The van der Waals surface area contributed by atoms with Crippen molar-refractivity contribution < 1.29 is 4.74 Å². The summed E-state index contributed by atoms with van der Waals surface area (Å²) in [6.45, 7) is 4.49. The molecule has 92 valence electrons. The number of hydrogen-bond donors (Lipinski definition) is 1. The van der Waals surface area contributed by atoms with E-state index in [-0.39, 0.29) is 0 Å². The summed E-state index contributed by atoms with van der Waals surface area (Å²) in [7, 11) is 0. The molecule has 0 saturated heterocycles. The lowest BCUT2D eigenvalue weighted by Crippen LogP contribution is -2.13. The molecule has 0 saturated carbocycles. The molecule has 0 aliphatic carbocycles. The summed E-state index contributed by atoms with van der Waals surface area (Å²) in [6.07, 6.45) is 7.49. The fourth-order valence-corrected chi connectivity index (χ4v) is 1.34. The van der Waals surface area contributed by atoms with Gasteiger partial charge in [-0.25, -0.2) is 4.98 Å². The fraction of sp³-hybridized carbons (Fsp3) is 0.385. The van der Waals surface area contributed by atoms with Crippen molar-refractivity contribution in [2.24, 2.45) is 4.99 Å². The number of aromatic nitrogens is 1. The lowest BCUT2D eigenvalue weighted by molar-refractivity contribution is 0.374. The Balaban J connectivity index is 0.000000686. The lowest BCUT2D eigenvalue weighted by atomic mass is 10.2. The standard InChI is InChI=1S/C11H13N3O.C2H6/c12-11-10(5-3-7-14-11)15-8-9-4-1-2-6-13-9;1-2/h2-3,5-7H,1,4,8H2,(H2,12,14);1-2H3. The zero-order chi connectivity index (χ0) is 12.5. The van der Waals surface area contributed by atoms with E-state index in [1.54, 1.807) is 12.3 Å². The molecule has 0 radical (unpaired) electrons. The number of aliphatic imine (C=N–C) groups is 1. The quantitative estimate of drug-likeness (QED) is 0.873. The van der Waals surface area contributed by atoms with E-state index in [0.29, 0.717) is 18.2 Å². The van der Waals surface area contributed by atoms with Gasteiger partial charge >= 0.3 is 0 Å². The van der Waals surface area contributed by atoms with E-state index in [4.69, 9.17) is 10.5 Å². The van der Waals surface area contributed by atoms with Crippen molar-refractivity contribution in [1.29, 1.82) is 0 Å². The van der Waals surface area contributed by atoms with Crippen LogP contribution in [0.2, 0.25) is 0 Å². The van der Waals surface area contributed by atoms with Crippen LogP contribution in [-0.4, -0.2) is 17.3 Å². The molecule has 0 spiro atoms. The number of nitrogen functional groups attached to an aromatic ring is 1. The molecular formula is C13H19N3O. The molecule has 1 aromatic rings. The Morgan fingerprint density at radius 3 is 2.88 bits per heavy atom. The van der Waals surface area contributed by atoms with E-state index in [9.17, 15) is 0 Å². The predicted octanol–water partition coefficient (Wildman–Crippen LogP) is 2.82. The summed E-state index contributed by atoms with van der Waals surface area (Å²) in [5.74, 6) is 1.04. The van der Waals surface area contributed by atoms with Crippen molar-refractivity contribution in [2.45, 2.75) is 26.7 Å². The maximum absolute atomic E-state index is 5.65. The van der Waals surface area contributed by atoms with Crippen LogP contribution in [0, 0.1) is 0 Å². The van der Waals surface area contributed by atoms with Crippen molar-refractivity contribution in [3.05, 3.63) is 30.6 Å². The molecule has 1 aromatic heterocycles. The maximum Gasteiger partial charge on any atom is 0.166 e. The predicted molar refractivity (Wildman–Crippen MR) is 71.3 cm³/mol. The molecule has 0 atom stereocenters. The van der Waals surface area contributed by atoms with Gasteiger partial charge in [-0.2, -0.15) is 0 Å². The van der Waals surface area contributed by atoms with Gasteiger partial charge in [-0.1, -0.05) is 19.9 Å². The number of rotatable bonds is 3. The summed E-state index contributed by atoms with van der Waals surface area (Å²) < 4.78 is 5.52. The van der Waals surface area contributed by atoms with E-state index < -0.39 is 0 Å². The Hall–Kier alpha value is -1.84. The summed E-state index contributed by atoms with van der Waals surface area (Å²) in [5, 5.41) is 0. The Kier molecular flexibility index (Phi) is 5.79. The monoisotopic (exact) mass is 233 g/mol. The van der Waals surface area contributed by atoms with E-state index in [0.717, 1.165) is 18.6 Å². The fourth-order valence-electron chi connectivity index (χ4n) is 1.34. The van der Waals surface area contributed by atoms with Gasteiger partial charge in [0.15, 0.2) is 11.6 Å². The minimum absolute atomic E-state index is 0.421.